The van der Waals surface area contributed by atoms with E-state index < -0.39 is 13.9 Å². The van der Waals surface area contributed by atoms with Crippen molar-refractivity contribution in [1.29, 1.82) is 5.26 Å². The summed E-state index contributed by atoms with van der Waals surface area (Å²) in [6, 6.07) is 1.82. The van der Waals surface area contributed by atoms with Gasteiger partial charge < -0.3 is 0 Å². The van der Waals surface area contributed by atoms with Crippen LogP contribution >= 0.6 is 7.82 Å². The molecule has 19 heavy (non-hydrogen) atoms. The molecule has 1 atom stereocenters. The number of rotatable bonds is 7. The summed E-state index contributed by atoms with van der Waals surface area (Å²) in [5.41, 5.74) is -0.0937. The molecule has 1 fully saturated rings. The Morgan fingerprint density at radius 1 is 1.53 bits per heavy atom. The zero-order valence-electron chi connectivity index (χ0n) is 11.6. The predicted octanol–water partition coefficient (Wildman–Crippen LogP) is 3.82. The number of phosphoric acid groups is 1. The molecule has 1 aliphatic rings. The first-order valence-electron chi connectivity index (χ1n) is 6.63. The summed E-state index contributed by atoms with van der Waals surface area (Å²) in [4.78, 5) is 0. The van der Waals surface area contributed by atoms with E-state index in [-0.39, 0.29) is 5.41 Å². The molecule has 0 aromatic carbocycles. The molecule has 0 bridgehead atoms. The van der Waals surface area contributed by atoms with Crippen LogP contribution in [0.1, 0.15) is 39.5 Å². The van der Waals surface area contributed by atoms with E-state index in [1.165, 1.54) is 6.08 Å². The van der Waals surface area contributed by atoms with Crippen molar-refractivity contribution in [1.82, 2.24) is 0 Å². The SMILES string of the molecule is C=C[C@@H](C#N)OP1(=O)OCC(CC)(CCCC)CO1. The van der Waals surface area contributed by atoms with Gasteiger partial charge in [0.25, 0.3) is 0 Å². The fraction of sp³-hybridized carbons (Fsp3) is 0.769. The number of nitrogens with zero attached hydrogens (tertiary/aromatic N) is 1. The lowest BCUT2D eigenvalue weighted by molar-refractivity contribution is -0.0262. The van der Waals surface area contributed by atoms with Crippen molar-refractivity contribution in [2.45, 2.75) is 45.6 Å². The molecule has 0 aliphatic carbocycles. The first kappa shape index (κ1) is 16.4. The van der Waals surface area contributed by atoms with Crippen LogP contribution in [0.3, 0.4) is 0 Å². The average Bonchev–Trinajstić information content (AvgIpc) is 2.45. The smallest absolute Gasteiger partial charge is 0.286 e. The molecule has 0 spiro atoms. The normalized spacial score (nSPS) is 32.5. The topological polar surface area (TPSA) is 68.5 Å². The largest absolute Gasteiger partial charge is 0.476 e. The van der Waals surface area contributed by atoms with Crippen molar-refractivity contribution in [3.05, 3.63) is 12.7 Å². The Labute approximate surface area is 115 Å². The summed E-state index contributed by atoms with van der Waals surface area (Å²) in [7, 11) is -3.62. The highest BCUT2D eigenvalue weighted by Gasteiger charge is 2.43. The zero-order valence-corrected chi connectivity index (χ0v) is 12.5. The summed E-state index contributed by atoms with van der Waals surface area (Å²) in [6.07, 6.45) is 4.35. The highest BCUT2D eigenvalue weighted by Crippen LogP contribution is 2.57. The van der Waals surface area contributed by atoms with Gasteiger partial charge in [0.15, 0.2) is 6.10 Å². The van der Waals surface area contributed by atoms with Crippen LogP contribution in [0.5, 0.6) is 0 Å². The third-order valence-corrected chi connectivity index (χ3v) is 4.83. The molecule has 5 nitrogen and oxygen atoms in total. The van der Waals surface area contributed by atoms with Crippen LogP contribution in [0, 0.1) is 16.7 Å². The van der Waals surface area contributed by atoms with E-state index in [9.17, 15) is 4.57 Å². The highest BCUT2D eigenvalue weighted by molar-refractivity contribution is 7.48. The van der Waals surface area contributed by atoms with Gasteiger partial charge in [0, 0.05) is 5.41 Å². The highest BCUT2D eigenvalue weighted by atomic mass is 31.2. The first-order valence-corrected chi connectivity index (χ1v) is 8.09. The molecule has 6 heteroatoms. The molecule has 1 heterocycles. The lowest BCUT2D eigenvalue weighted by Crippen LogP contribution is -2.35. The fourth-order valence-electron chi connectivity index (χ4n) is 1.91. The van der Waals surface area contributed by atoms with Crippen molar-refractivity contribution in [2.24, 2.45) is 5.41 Å². The van der Waals surface area contributed by atoms with Crippen LogP contribution in [0.15, 0.2) is 12.7 Å². The van der Waals surface area contributed by atoms with Gasteiger partial charge in [-0.25, -0.2) is 4.57 Å². The minimum Gasteiger partial charge on any atom is -0.286 e. The number of unbranched alkanes of at least 4 members (excludes halogenated alkanes) is 1. The van der Waals surface area contributed by atoms with Crippen LogP contribution in [-0.4, -0.2) is 19.3 Å². The molecule has 1 rings (SSSR count). The monoisotopic (exact) mass is 287 g/mol. The Morgan fingerprint density at radius 3 is 2.58 bits per heavy atom. The van der Waals surface area contributed by atoms with Crippen LogP contribution in [0.25, 0.3) is 0 Å². The van der Waals surface area contributed by atoms with Crippen LogP contribution in [0.4, 0.5) is 0 Å². The maximum Gasteiger partial charge on any atom is 0.476 e. The summed E-state index contributed by atoms with van der Waals surface area (Å²) in [5, 5.41) is 8.76. The van der Waals surface area contributed by atoms with E-state index in [4.69, 9.17) is 18.8 Å². The van der Waals surface area contributed by atoms with E-state index >= 15 is 0 Å². The molecule has 0 aromatic heterocycles. The molecule has 0 N–H and O–H groups in total. The predicted molar refractivity (Wildman–Crippen MR) is 72.4 cm³/mol. The maximum absolute atomic E-state index is 12.2. The van der Waals surface area contributed by atoms with Crippen LogP contribution in [-0.2, 0) is 18.1 Å². The van der Waals surface area contributed by atoms with E-state index in [0.29, 0.717) is 13.2 Å². The van der Waals surface area contributed by atoms with E-state index in [0.717, 1.165) is 25.7 Å². The number of phosphoric ester groups is 1. The second-order valence-electron chi connectivity index (χ2n) is 4.84. The minimum atomic E-state index is -3.62. The Bertz CT molecular complexity index is 379. The lowest BCUT2D eigenvalue weighted by atomic mass is 9.82. The average molecular weight is 287 g/mol. The first-order chi connectivity index (χ1) is 9.03. The van der Waals surface area contributed by atoms with Crippen molar-refractivity contribution < 1.29 is 18.1 Å². The molecule has 1 aliphatic heterocycles. The van der Waals surface area contributed by atoms with E-state index in [1.807, 2.05) is 6.07 Å². The minimum absolute atomic E-state index is 0.0937. The molecule has 1 saturated heterocycles. The van der Waals surface area contributed by atoms with Gasteiger partial charge in [0.2, 0.25) is 0 Å². The van der Waals surface area contributed by atoms with Gasteiger partial charge in [0.1, 0.15) is 0 Å². The maximum atomic E-state index is 12.2. The lowest BCUT2D eigenvalue weighted by Gasteiger charge is -2.38. The third kappa shape index (κ3) is 4.43. The molecule has 0 unspecified atom stereocenters. The van der Waals surface area contributed by atoms with Gasteiger partial charge in [-0.3, -0.25) is 13.6 Å². The summed E-state index contributed by atoms with van der Waals surface area (Å²) < 4.78 is 27.9. The second-order valence-corrected chi connectivity index (χ2v) is 6.46. The van der Waals surface area contributed by atoms with Gasteiger partial charge in [-0.15, -0.1) is 0 Å². The zero-order chi connectivity index (χ0) is 14.4. The molecule has 0 aromatic rings. The van der Waals surface area contributed by atoms with E-state index in [2.05, 4.69) is 20.4 Å². The quantitative estimate of drug-likeness (QED) is 0.526. The number of hydrogen-bond acceptors (Lipinski definition) is 5. The molecule has 108 valence electrons. The molecular weight excluding hydrogens is 265 g/mol. The summed E-state index contributed by atoms with van der Waals surface area (Å²) in [6.45, 7) is 8.32. The Morgan fingerprint density at radius 2 is 2.16 bits per heavy atom. The Hall–Kier alpha value is -0.660. The Kier molecular flexibility index (Phi) is 6.22. The van der Waals surface area contributed by atoms with Gasteiger partial charge in [-0.2, -0.15) is 5.26 Å². The van der Waals surface area contributed by atoms with Crippen molar-refractivity contribution in [2.75, 3.05) is 13.2 Å². The van der Waals surface area contributed by atoms with Gasteiger partial charge >= 0.3 is 7.82 Å². The fourth-order valence-corrected chi connectivity index (χ4v) is 3.38. The van der Waals surface area contributed by atoms with Crippen molar-refractivity contribution >= 4 is 7.82 Å². The summed E-state index contributed by atoms with van der Waals surface area (Å²) >= 11 is 0. The molecular formula is C13H22NO4P. The Balaban J connectivity index is 2.61. The number of hydrogen-bond donors (Lipinski definition) is 0. The van der Waals surface area contributed by atoms with Crippen LogP contribution in [0.2, 0.25) is 0 Å². The number of nitriles is 1. The standard InChI is InChI=1S/C13H22NO4P/c1-4-7-8-13(6-3)10-16-19(15,17-11-13)18-12(5-2)9-14/h5,12H,2,4,6-8,10-11H2,1,3H3/t12-,13?,19?/m0/s1. The molecule has 0 amide bonds. The summed E-state index contributed by atoms with van der Waals surface area (Å²) in [5.74, 6) is 0. The molecule has 0 radical (unpaired) electrons. The van der Waals surface area contributed by atoms with Crippen LogP contribution < -0.4 is 0 Å². The van der Waals surface area contributed by atoms with Crippen molar-refractivity contribution in [3.8, 4) is 6.07 Å². The van der Waals surface area contributed by atoms with Gasteiger partial charge in [-0.05, 0) is 18.9 Å². The second kappa shape index (κ2) is 7.21. The van der Waals surface area contributed by atoms with Crippen molar-refractivity contribution in [3.63, 3.8) is 0 Å². The van der Waals surface area contributed by atoms with Gasteiger partial charge in [0.05, 0.1) is 19.3 Å². The van der Waals surface area contributed by atoms with Gasteiger partial charge in [-0.1, -0.05) is 33.3 Å². The van der Waals surface area contributed by atoms with E-state index in [1.54, 1.807) is 0 Å². The third-order valence-electron chi connectivity index (χ3n) is 3.45. The molecule has 0 saturated carbocycles.